The first-order valence-corrected chi connectivity index (χ1v) is 14.0. The van der Waals surface area contributed by atoms with Crippen molar-refractivity contribution in [3.63, 3.8) is 0 Å². The highest BCUT2D eigenvalue weighted by atomic mass is 16.5. The summed E-state index contributed by atoms with van der Waals surface area (Å²) in [5, 5.41) is 0. The minimum atomic E-state index is -0.536. The van der Waals surface area contributed by atoms with E-state index in [-0.39, 0.29) is 56.6 Å². The van der Waals surface area contributed by atoms with E-state index in [0.717, 1.165) is 51.4 Å². The summed E-state index contributed by atoms with van der Waals surface area (Å²) in [4.78, 5) is 40.6. The molecule has 4 heteroatoms. The number of methoxy groups -OCH3 is 1. The molecule has 5 aliphatic rings. The van der Waals surface area contributed by atoms with Crippen LogP contribution in [0.2, 0.25) is 0 Å². The molecule has 7 atom stereocenters. The Kier molecular flexibility index (Phi) is 5.27. The van der Waals surface area contributed by atoms with Gasteiger partial charge in [0.05, 0.1) is 12.5 Å². The van der Waals surface area contributed by atoms with Crippen LogP contribution < -0.4 is 0 Å². The summed E-state index contributed by atoms with van der Waals surface area (Å²) in [6, 6.07) is 0. The summed E-state index contributed by atoms with van der Waals surface area (Å²) >= 11 is 0. The number of hydrogen-bond acceptors (Lipinski definition) is 4. The molecule has 0 aliphatic heterocycles. The van der Waals surface area contributed by atoms with Crippen LogP contribution in [0.4, 0.5) is 0 Å². The van der Waals surface area contributed by atoms with Crippen molar-refractivity contribution in [2.75, 3.05) is 7.11 Å². The van der Waals surface area contributed by atoms with Gasteiger partial charge in [0.2, 0.25) is 0 Å². The summed E-state index contributed by atoms with van der Waals surface area (Å²) in [5.74, 6) is 0.648. The lowest BCUT2D eigenvalue weighted by atomic mass is 9.34. The van der Waals surface area contributed by atoms with E-state index in [1.165, 1.54) is 12.7 Å². The van der Waals surface area contributed by atoms with Crippen molar-refractivity contribution in [3.8, 4) is 0 Å². The number of ether oxygens (including phenoxy) is 1. The zero-order valence-corrected chi connectivity index (χ0v) is 23.3. The fraction of sp³-hybridized carbons (Fsp3) is 0.839. The average Bonchev–Trinajstić information content (AvgIpc) is 2.77. The van der Waals surface area contributed by atoms with Crippen LogP contribution >= 0.6 is 0 Å². The Morgan fingerprint density at radius 2 is 1.57 bits per heavy atom. The molecule has 0 radical (unpaired) electrons. The number of hydrogen-bond donors (Lipinski definition) is 0. The van der Waals surface area contributed by atoms with Gasteiger partial charge in [-0.2, -0.15) is 0 Å². The Morgan fingerprint density at radius 1 is 0.914 bits per heavy atom. The van der Waals surface area contributed by atoms with Gasteiger partial charge in [0.25, 0.3) is 0 Å². The van der Waals surface area contributed by atoms with Crippen LogP contribution in [0.25, 0.3) is 0 Å². The number of carbonyl (C=O) groups excluding carboxylic acids is 3. The molecule has 0 aromatic rings. The van der Waals surface area contributed by atoms with Crippen molar-refractivity contribution in [1.82, 2.24) is 0 Å². The lowest BCUT2D eigenvalue weighted by Gasteiger charge is -2.69. The highest BCUT2D eigenvalue weighted by Gasteiger charge is 2.71. The number of fused-ring (bicyclic) bond motifs is 7. The molecule has 5 aliphatic carbocycles. The van der Waals surface area contributed by atoms with Crippen LogP contribution in [0, 0.1) is 50.2 Å². The molecular formula is C31H46O4. The predicted molar refractivity (Wildman–Crippen MR) is 136 cm³/mol. The van der Waals surface area contributed by atoms with E-state index >= 15 is 0 Å². The predicted octanol–water partition coefficient (Wildman–Crippen LogP) is 6.71. The van der Waals surface area contributed by atoms with Crippen molar-refractivity contribution < 1.29 is 19.1 Å². The number of rotatable bonds is 1. The molecule has 0 saturated heterocycles. The molecule has 0 heterocycles. The van der Waals surface area contributed by atoms with E-state index in [4.69, 9.17) is 4.74 Å². The maximum absolute atomic E-state index is 14.3. The minimum absolute atomic E-state index is 0.0227. The molecule has 0 N–H and O–H groups in total. The van der Waals surface area contributed by atoms with E-state index in [2.05, 4.69) is 48.5 Å². The Labute approximate surface area is 212 Å². The molecule has 0 spiro atoms. The molecule has 4 nitrogen and oxygen atoms in total. The Balaban J connectivity index is 1.65. The normalized spacial score (nSPS) is 48.0. The van der Waals surface area contributed by atoms with Crippen LogP contribution in [0.3, 0.4) is 0 Å². The summed E-state index contributed by atoms with van der Waals surface area (Å²) in [5.41, 5.74) is 0.119. The first kappa shape index (κ1) is 25.2. The van der Waals surface area contributed by atoms with E-state index in [1.807, 2.05) is 6.08 Å². The average molecular weight is 483 g/mol. The molecule has 0 aromatic carbocycles. The largest absolute Gasteiger partial charge is 0.469 e. The van der Waals surface area contributed by atoms with E-state index in [0.29, 0.717) is 12.2 Å². The fourth-order valence-corrected chi connectivity index (χ4v) is 10.4. The molecule has 0 aromatic heterocycles. The van der Waals surface area contributed by atoms with Crippen molar-refractivity contribution in [2.24, 2.45) is 50.2 Å². The molecule has 194 valence electrons. The SMILES string of the molecule is COC(=O)[C@]12CCC(C)(C)C[C@@H]1[C@H]1C(=O)C=C3[C@](C)(CC[C@H]4C(C)(C)C(=O)CC[C@]34C)[C@]1(C)CC2. The highest BCUT2D eigenvalue weighted by Crippen LogP contribution is 2.74. The Bertz CT molecular complexity index is 1020. The van der Waals surface area contributed by atoms with Gasteiger partial charge in [0.1, 0.15) is 5.78 Å². The molecular weight excluding hydrogens is 436 g/mol. The van der Waals surface area contributed by atoms with Gasteiger partial charge in [-0.3, -0.25) is 14.4 Å². The van der Waals surface area contributed by atoms with Crippen molar-refractivity contribution in [3.05, 3.63) is 11.6 Å². The van der Waals surface area contributed by atoms with Crippen LogP contribution in [-0.4, -0.2) is 24.6 Å². The van der Waals surface area contributed by atoms with Crippen LogP contribution in [0.1, 0.15) is 106 Å². The van der Waals surface area contributed by atoms with E-state index < -0.39 is 5.41 Å². The fourth-order valence-electron chi connectivity index (χ4n) is 10.4. The van der Waals surface area contributed by atoms with Gasteiger partial charge in [0, 0.05) is 17.8 Å². The highest BCUT2D eigenvalue weighted by molar-refractivity contribution is 5.96. The zero-order valence-electron chi connectivity index (χ0n) is 23.3. The first-order valence-electron chi connectivity index (χ1n) is 14.0. The second-order valence-electron chi connectivity index (χ2n) is 15.0. The van der Waals surface area contributed by atoms with Crippen LogP contribution in [0.5, 0.6) is 0 Å². The second-order valence-corrected chi connectivity index (χ2v) is 15.0. The molecule has 4 fully saturated rings. The Hall–Kier alpha value is -1.45. The topological polar surface area (TPSA) is 60.4 Å². The molecule has 0 bridgehead atoms. The van der Waals surface area contributed by atoms with E-state index in [1.54, 1.807) is 0 Å². The van der Waals surface area contributed by atoms with Gasteiger partial charge >= 0.3 is 5.97 Å². The minimum Gasteiger partial charge on any atom is -0.469 e. The number of esters is 1. The molecule has 4 saturated carbocycles. The lowest BCUT2D eigenvalue weighted by Crippen LogP contribution is -2.66. The van der Waals surface area contributed by atoms with Gasteiger partial charge in [0.15, 0.2) is 5.78 Å². The third-order valence-corrected chi connectivity index (χ3v) is 12.7. The standard InChI is InChI=1S/C31H46O4/c1-26(2)13-15-31(25(34)35-8)16-14-30(7)24(19(31)18-26)20(32)17-22-28(5)11-10-23(33)27(3,4)21(28)9-12-29(22,30)6/h17,19,21,24H,9-16,18H2,1-8H3/t19-,21+,24+,28+,29+,30-,31+/m1/s1. The van der Waals surface area contributed by atoms with Gasteiger partial charge in [-0.25, -0.2) is 0 Å². The van der Waals surface area contributed by atoms with Crippen LogP contribution in [0.15, 0.2) is 11.6 Å². The second kappa shape index (κ2) is 7.32. The van der Waals surface area contributed by atoms with Gasteiger partial charge in [-0.15, -0.1) is 0 Å². The molecule has 35 heavy (non-hydrogen) atoms. The van der Waals surface area contributed by atoms with Gasteiger partial charge in [-0.1, -0.05) is 54.0 Å². The molecule has 0 amide bonds. The number of allylic oxidation sites excluding steroid dienone is 2. The third kappa shape index (κ3) is 3.00. The van der Waals surface area contributed by atoms with Crippen LogP contribution in [-0.2, 0) is 19.1 Å². The van der Waals surface area contributed by atoms with Gasteiger partial charge in [-0.05, 0) is 90.9 Å². The number of ketones is 2. The Morgan fingerprint density at radius 3 is 2.23 bits per heavy atom. The summed E-state index contributed by atoms with van der Waals surface area (Å²) in [6.45, 7) is 16.0. The third-order valence-electron chi connectivity index (χ3n) is 12.7. The maximum Gasteiger partial charge on any atom is 0.312 e. The summed E-state index contributed by atoms with van der Waals surface area (Å²) < 4.78 is 5.42. The quantitative estimate of drug-likeness (QED) is 0.390. The van der Waals surface area contributed by atoms with E-state index in [9.17, 15) is 14.4 Å². The van der Waals surface area contributed by atoms with Crippen molar-refractivity contribution in [2.45, 2.75) is 106 Å². The lowest BCUT2D eigenvalue weighted by molar-refractivity contribution is -0.192. The summed E-state index contributed by atoms with van der Waals surface area (Å²) in [7, 11) is 1.51. The van der Waals surface area contributed by atoms with Crippen molar-refractivity contribution >= 4 is 17.5 Å². The van der Waals surface area contributed by atoms with Gasteiger partial charge < -0.3 is 4.74 Å². The monoisotopic (exact) mass is 482 g/mol. The molecule has 5 rings (SSSR count). The first-order chi connectivity index (χ1) is 16.1. The summed E-state index contributed by atoms with van der Waals surface area (Å²) in [6.07, 6.45) is 9.92. The molecule has 0 unspecified atom stereocenters. The zero-order chi connectivity index (χ0) is 25.8. The smallest absolute Gasteiger partial charge is 0.312 e. The van der Waals surface area contributed by atoms with Crippen molar-refractivity contribution in [1.29, 1.82) is 0 Å². The number of Topliss-reactive ketones (excluding diaryl/α,β-unsaturated/α-hetero) is 1. The number of carbonyl (C=O) groups is 3. The maximum atomic E-state index is 14.3.